The Hall–Kier alpha value is -1.99. The van der Waals surface area contributed by atoms with Crippen LogP contribution in [0.2, 0.25) is 0 Å². The van der Waals surface area contributed by atoms with E-state index in [2.05, 4.69) is 10.3 Å². The second-order valence-electron chi connectivity index (χ2n) is 4.54. The van der Waals surface area contributed by atoms with Crippen molar-refractivity contribution in [2.45, 2.75) is 33.0 Å². The average Bonchev–Trinajstić information content (AvgIpc) is 2.38. The highest BCUT2D eigenvalue weighted by Gasteiger charge is 2.31. The Bertz CT molecular complexity index is 501. The summed E-state index contributed by atoms with van der Waals surface area (Å²) in [5, 5.41) is 2.66. The molecule has 1 aromatic rings. The van der Waals surface area contributed by atoms with E-state index in [1.54, 1.807) is 11.8 Å². The molecule has 1 unspecified atom stereocenters. The van der Waals surface area contributed by atoms with E-state index in [0.717, 1.165) is 12.1 Å². The minimum Gasteiger partial charge on any atom is -0.384 e. The Kier molecular flexibility index (Phi) is 5.40. The number of nitrogens with one attached hydrogen (secondary N) is 1. The largest absolute Gasteiger partial charge is 0.416 e. The molecule has 8 heteroatoms. The van der Waals surface area contributed by atoms with Crippen molar-refractivity contribution in [2.24, 2.45) is 0 Å². The van der Waals surface area contributed by atoms with Gasteiger partial charge >= 0.3 is 6.18 Å². The molecule has 1 amide bonds. The van der Waals surface area contributed by atoms with Crippen molar-refractivity contribution < 1.29 is 18.0 Å². The number of rotatable bonds is 5. The number of hydrogen-bond acceptors (Lipinski definition) is 4. The van der Waals surface area contributed by atoms with Gasteiger partial charge in [0.25, 0.3) is 0 Å². The number of amides is 1. The SMILES string of the molecule is CCN(CC)C(=O)C(C)Nc1cc(C(F)(F)F)cc(N)n1. The van der Waals surface area contributed by atoms with Crippen LogP contribution in [0.15, 0.2) is 12.1 Å². The van der Waals surface area contributed by atoms with Crippen LogP contribution in [0.3, 0.4) is 0 Å². The lowest BCUT2D eigenvalue weighted by Crippen LogP contribution is -2.41. The zero-order valence-corrected chi connectivity index (χ0v) is 12.2. The van der Waals surface area contributed by atoms with Crippen LogP contribution in [-0.2, 0) is 11.0 Å². The molecular formula is C13H19F3N4O. The summed E-state index contributed by atoms with van der Waals surface area (Å²) in [5.41, 5.74) is 4.47. The van der Waals surface area contributed by atoms with Gasteiger partial charge in [0.1, 0.15) is 17.7 Å². The maximum Gasteiger partial charge on any atom is 0.416 e. The molecule has 0 bridgehead atoms. The maximum absolute atomic E-state index is 12.7. The predicted molar refractivity (Wildman–Crippen MR) is 74.7 cm³/mol. The molecular weight excluding hydrogens is 285 g/mol. The Balaban J connectivity index is 2.93. The number of anilines is 2. The number of nitrogen functional groups attached to an aromatic ring is 1. The third-order valence-corrected chi connectivity index (χ3v) is 2.98. The molecule has 1 rings (SSSR count). The summed E-state index contributed by atoms with van der Waals surface area (Å²) < 4.78 is 38.1. The van der Waals surface area contributed by atoms with E-state index in [-0.39, 0.29) is 17.5 Å². The highest BCUT2D eigenvalue weighted by atomic mass is 19.4. The topological polar surface area (TPSA) is 71.2 Å². The molecule has 0 aliphatic carbocycles. The van der Waals surface area contributed by atoms with Crippen LogP contribution in [0.25, 0.3) is 0 Å². The summed E-state index contributed by atoms with van der Waals surface area (Å²) in [5.74, 6) is -0.539. The van der Waals surface area contributed by atoms with Crippen LogP contribution in [-0.4, -0.2) is 34.9 Å². The summed E-state index contributed by atoms with van der Waals surface area (Å²) in [7, 11) is 0. The summed E-state index contributed by atoms with van der Waals surface area (Å²) in [6, 6.07) is 0.894. The Morgan fingerprint density at radius 2 is 1.95 bits per heavy atom. The maximum atomic E-state index is 12.7. The van der Waals surface area contributed by atoms with Gasteiger partial charge in [0.2, 0.25) is 5.91 Å². The monoisotopic (exact) mass is 304 g/mol. The first kappa shape index (κ1) is 17.1. The van der Waals surface area contributed by atoms with Gasteiger partial charge < -0.3 is 16.0 Å². The Labute approximate surface area is 121 Å². The third-order valence-electron chi connectivity index (χ3n) is 2.98. The number of halogens is 3. The number of alkyl halides is 3. The van der Waals surface area contributed by atoms with Crippen molar-refractivity contribution >= 4 is 17.5 Å². The Morgan fingerprint density at radius 1 is 1.38 bits per heavy atom. The van der Waals surface area contributed by atoms with E-state index in [1.165, 1.54) is 0 Å². The van der Waals surface area contributed by atoms with Crippen LogP contribution in [0.5, 0.6) is 0 Å². The van der Waals surface area contributed by atoms with Gasteiger partial charge in [-0.2, -0.15) is 13.2 Å². The quantitative estimate of drug-likeness (QED) is 0.876. The van der Waals surface area contributed by atoms with Gasteiger partial charge in [-0.15, -0.1) is 0 Å². The molecule has 0 aliphatic heterocycles. The number of carbonyl (C=O) groups excluding carboxylic acids is 1. The second-order valence-corrected chi connectivity index (χ2v) is 4.54. The number of likely N-dealkylation sites (N-methyl/N-ethyl adjacent to an activating group) is 1. The molecule has 1 atom stereocenters. The van der Waals surface area contributed by atoms with Crippen LogP contribution in [0.4, 0.5) is 24.8 Å². The van der Waals surface area contributed by atoms with Gasteiger partial charge in [0.15, 0.2) is 0 Å². The van der Waals surface area contributed by atoms with Gasteiger partial charge in [-0.25, -0.2) is 4.98 Å². The normalized spacial score (nSPS) is 12.9. The third kappa shape index (κ3) is 4.51. The highest BCUT2D eigenvalue weighted by Crippen LogP contribution is 2.31. The van der Waals surface area contributed by atoms with Crippen LogP contribution >= 0.6 is 0 Å². The number of aromatic nitrogens is 1. The zero-order valence-electron chi connectivity index (χ0n) is 12.2. The lowest BCUT2D eigenvalue weighted by atomic mass is 10.2. The number of nitrogens with two attached hydrogens (primary N) is 1. The highest BCUT2D eigenvalue weighted by molar-refractivity contribution is 5.84. The van der Waals surface area contributed by atoms with Crippen LogP contribution < -0.4 is 11.1 Å². The number of pyridine rings is 1. The smallest absolute Gasteiger partial charge is 0.384 e. The van der Waals surface area contributed by atoms with Crippen LogP contribution in [0.1, 0.15) is 26.3 Å². The van der Waals surface area contributed by atoms with E-state index in [1.807, 2.05) is 13.8 Å². The summed E-state index contributed by atoms with van der Waals surface area (Å²) in [4.78, 5) is 17.4. The molecule has 0 aliphatic rings. The zero-order chi connectivity index (χ0) is 16.2. The summed E-state index contributed by atoms with van der Waals surface area (Å²) >= 11 is 0. The first-order valence-corrected chi connectivity index (χ1v) is 6.59. The van der Waals surface area contributed by atoms with E-state index in [0.29, 0.717) is 13.1 Å². The van der Waals surface area contributed by atoms with E-state index < -0.39 is 17.8 Å². The first-order valence-electron chi connectivity index (χ1n) is 6.59. The van der Waals surface area contributed by atoms with Crippen molar-refractivity contribution in [1.82, 2.24) is 9.88 Å². The standard InChI is InChI=1S/C13H19F3N4O/c1-4-20(5-2)12(21)8(3)18-11-7-9(13(14,15)16)6-10(17)19-11/h6-8H,4-5H2,1-3H3,(H3,17,18,19). The van der Waals surface area contributed by atoms with E-state index >= 15 is 0 Å². The van der Waals surface area contributed by atoms with Crippen molar-refractivity contribution in [1.29, 1.82) is 0 Å². The van der Waals surface area contributed by atoms with E-state index in [9.17, 15) is 18.0 Å². The van der Waals surface area contributed by atoms with Crippen molar-refractivity contribution in [3.63, 3.8) is 0 Å². The average molecular weight is 304 g/mol. The minimum atomic E-state index is -4.51. The molecule has 1 heterocycles. The first-order chi connectivity index (χ1) is 9.68. The number of hydrogen-bond donors (Lipinski definition) is 2. The van der Waals surface area contributed by atoms with Gasteiger partial charge in [-0.05, 0) is 32.9 Å². The molecule has 5 nitrogen and oxygen atoms in total. The minimum absolute atomic E-state index is 0.0738. The van der Waals surface area contributed by atoms with E-state index in [4.69, 9.17) is 5.73 Å². The van der Waals surface area contributed by atoms with Crippen molar-refractivity contribution in [3.05, 3.63) is 17.7 Å². The second kappa shape index (κ2) is 6.64. The fourth-order valence-corrected chi connectivity index (χ4v) is 1.88. The molecule has 0 spiro atoms. The fraction of sp³-hybridized carbons (Fsp3) is 0.538. The number of nitrogens with zero attached hydrogens (tertiary/aromatic N) is 2. The van der Waals surface area contributed by atoms with Crippen LogP contribution in [0, 0.1) is 0 Å². The Morgan fingerprint density at radius 3 is 2.43 bits per heavy atom. The lowest BCUT2D eigenvalue weighted by molar-refractivity contribution is -0.137. The summed E-state index contributed by atoms with van der Waals surface area (Å²) in [6.07, 6.45) is -4.51. The van der Waals surface area contributed by atoms with Gasteiger partial charge in [0, 0.05) is 13.1 Å². The van der Waals surface area contributed by atoms with Gasteiger partial charge in [-0.1, -0.05) is 0 Å². The molecule has 0 fully saturated rings. The molecule has 0 saturated carbocycles. The van der Waals surface area contributed by atoms with Gasteiger partial charge in [-0.3, -0.25) is 4.79 Å². The molecule has 1 aromatic heterocycles. The van der Waals surface area contributed by atoms with Crippen molar-refractivity contribution in [2.75, 3.05) is 24.1 Å². The molecule has 118 valence electrons. The van der Waals surface area contributed by atoms with Crippen molar-refractivity contribution in [3.8, 4) is 0 Å². The molecule has 0 radical (unpaired) electrons. The fourth-order valence-electron chi connectivity index (χ4n) is 1.88. The lowest BCUT2D eigenvalue weighted by Gasteiger charge is -2.24. The molecule has 21 heavy (non-hydrogen) atoms. The predicted octanol–water partition coefficient (Wildman–Crippen LogP) is 2.35. The summed E-state index contributed by atoms with van der Waals surface area (Å²) in [6.45, 7) is 6.28. The molecule has 0 saturated heterocycles. The van der Waals surface area contributed by atoms with Gasteiger partial charge in [0.05, 0.1) is 5.56 Å². The number of carbonyl (C=O) groups is 1. The molecule has 3 N–H and O–H groups in total. The molecule has 0 aromatic carbocycles.